The van der Waals surface area contributed by atoms with Gasteiger partial charge in [0.15, 0.2) is 0 Å². The molecule has 3 aromatic rings. The van der Waals surface area contributed by atoms with Crippen LogP contribution in [-0.4, -0.2) is 44.8 Å². The van der Waals surface area contributed by atoms with Gasteiger partial charge in [0.1, 0.15) is 11.2 Å². The van der Waals surface area contributed by atoms with E-state index in [1.807, 2.05) is 57.2 Å². The van der Waals surface area contributed by atoms with Crippen LogP contribution in [0.25, 0.3) is 22.2 Å². The van der Waals surface area contributed by atoms with Gasteiger partial charge in [-0.25, -0.2) is 4.79 Å². The molecular weight excluding hydrogens is 534 g/mol. The first-order chi connectivity index (χ1) is 16.3. The number of hydrogen-bond donors (Lipinski definition) is 0. The van der Waals surface area contributed by atoms with Gasteiger partial charge in [-0.15, -0.1) is 11.3 Å². The van der Waals surface area contributed by atoms with Crippen LogP contribution in [0, 0.1) is 0 Å². The molecule has 3 rings (SSSR count). The van der Waals surface area contributed by atoms with Gasteiger partial charge in [0.05, 0.1) is 15.1 Å². The van der Waals surface area contributed by atoms with Crippen molar-refractivity contribution >= 4 is 39.3 Å². The number of halogens is 1. The van der Waals surface area contributed by atoms with Crippen LogP contribution in [0.3, 0.4) is 0 Å². The van der Waals surface area contributed by atoms with E-state index < -0.39 is 17.3 Å². The standard InChI is InChI=1S/C25H30BrN3O5S/c1-24(2,3)32-20(30)13-14-29(23(31)33-25(4,5)6)15-16-7-9-17(10-8-16)21-27-22(34-28-21)18-11-12-19(26)35-18/h7-12H,13-15H2,1-6H3. The average Bonchev–Trinajstić information content (AvgIpc) is 3.38. The predicted octanol–water partition coefficient (Wildman–Crippen LogP) is 6.70. The van der Waals surface area contributed by atoms with Crippen LogP contribution >= 0.6 is 27.3 Å². The van der Waals surface area contributed by atoms with Crippen LogP contribution in [0.5, 0.6) is 0 Å². The second-order valence-corrected chi connectivity index (χ2v) is 12.4. The molecule has 0 unspecified atom stereocenters. The predicted molar refractivity (Wildman–Crippen MR) is 138 cm³/mol. The van der Waals surface area contributed by atoms with Crippen LogP contribution < -0.4 is 0 Å². The SMILES string of the molecule is CC(C)(C)OC(=O)CCN(Cc1ccc(-c2noc(-c3ccc(Br)s3)n2)cc1)C(=O)OC(C)(C)C. The lowest BCUT2D eigenvalue weighted by atomic mass is 10.1. The molecule has 2 heterocycles. The maximum absolute atomic E-state index is 12.8. The summed E-state index contributed by atoms with van der Waals surface area (Å²) in [5.74, 6) is 0.565. The van der Waals surface area contributed by atoms with Crippen LogP contribution in [0.1, 0.15) is 53.5 Å². The monoisotopic (exact) mass is 563 g/mol. The average molecular weight is 565 g/mol. The number of rotatable bonds is 7. The molecule has 1 amide bonds. The summed E-state index contributed by atoms with van der Waals surface area (Å²) < 4.78 is 17.3. The Balaban J connectivity index is 1.70. The lowest BCUT2D eigenvalue weighted by molar-refractivity contribution is -0.155. The number of nitrogens with zero attached hydrogens (tertiary/aromatic N) is 3. The van der Waals surface area contributed by atoms with Crippen molar-refractivity contribution in [1.29, 1.82) is 0 Å². The molecule has 188 valence electrons. The number of amides is 1. The minimum Gasteiger partial charge on any atom is -0.460 e. The molecule has 0 aliphatic heterocycles. The topological polar surface area (TPSA) is 94.8 Å². The van der Waals surface area contributed by atoms with Gasteiger partial charge < -0.3 is 18.9 Å². The summed E-state index contributed by atoms with van der Waals surface area (Å²) in [6, 6.07) is 11.4. The number of carbonyl (C=O) groups excluding carboxylic acids is 2. The van der Waals surface area contributed by atoms with Gasteiger partial charge in [0.2, 0.25) is 5.82 Å². The lowest BCUT2D eigenvalue weighted by Gasteiger charge is -2.28. The highest BCUT2D eigenvalue weighted by molar-refractivity contribution is 9.11. The van der Waals surface area contributed by atoms with Gasteiger partial charge in [-0.1, -0.05) is 29.4 Å². The molecule has 35 heavy (non-hydrogen) atoms. The Morgan fingerprint density at radius 3 is 2.23 bits per heavy atom. The molecular formula is C25H30BrN3O5S. The fourth-order valence-electron chi connectivity index (χ4n) is 3.03. The molecule has 0 saturated carbocycles. The van der Waals surface area contributed by atoms with Crippen molar-refractivity contribution in [2.75, 3.05) is 6.54 Å². The first kappa shape index (κ1) is 26.9. The molecule has 0 N–H and O–H groups in total. The largest absolute Gasteiger partial charge is 0.460 e. The summed E-state index contributed by atoms with van der Waals surface area (Å²) in [5.41, 5.74) is 0.421. The van der Waals surface area contributed by atoms with E-state index >= 15 is 0 Å². The first-order valence-corrected chi connectivity index (χ1v) is 12.8. The van der Waals surface area contributed by atoms with E-state index in [1.165, 1.54) is 16.2 Å². The van der Waals surface area contributed by atoms with Crippen LogP contribution in [0.2, 0.25) is 0 Å². The number of esters is 1. The second-order valence-electron chi connectivity index (χ2n) is 9.96. The first-order valence-electron chi connectivity index (χ1n) is 11.2. The van der Waals surface area contributed by atoms with E-state index in [1.54, 1.807) is 20.8 Å². The number of aromatic nitrogens is 2. The third-order valence-electron chi connectivity index (χ3n) is 4.45. The van der Waals surface area contributed by atoms with Gasteiger partial charge in [0, 0.05) is 18.7 Å². The minimum absolute atomic E-state index is 0.0685. The zero-order chi connectivity index (χ0) is 25.8. The van der Waals surface area contributed by atoms with E-state index in [4.69, 9.17) is 14.0 Å². The molecule has 1 aromatic carbocycles. The number of hydrogen-bond acceptors (Lipinski definition) is 8. The van der Waals surface area contributed by atoms with Gasteiger partial charge in [-0.3, -0.25) is 4.79 Å². The van der Waals surface area contributed by atoms with Gasteiger partial charge >= 0.3 is 12.1 Å². The van der Waals surface area contributed by atoms with Crippen LogP contribution in [0.15, 0.2) is 44.7 Å². The highest BCUT2D eigenvalue weighted by Crippen LogP contribution is 2.31. The summed E-state index contributed by atoms with van der Waals surface area (Å²) >= 11 is 4.94. The quantitative estimate of drug-likeness (QED) is 0.295. The van der Waals surface area contributed by atoms with E-state index in [2.05, 4.69) is 26.1 Å². The number of ether oxygens (including phenoxy) is 2. The Kier molecular flexibility index (Phi) is 8.38. The summed E-state index contributed by atoms with van der Waals surface area (Å²) in [4.78, 5) is 31.9. The van der Waals surface area contributed by atoms with E-state index in [9.17, 15) is 9.59 Å². The number of benzene rings is 1. The molecule has 10 heteroatoms. The van der Waals surface area contributed by atoms with E-state index in [0.717, 1.165) is 19.8 Å². The molecule has 0 saturated heterocycles. The van der Waals surface area contributed by atoms with Crippen molar-refractivity contribution in [3.05, 3.63) is 45.7 Å². The van der Waals surface area contributed by atoms with E-state index in [0.29, 0.717) is 11.7 Å². The minimum atomic E-state index is -0.653. The van der Waals surface area contributed by atoms with Crippen molar-refractivity contribution in [3.8, 4) is 22.2 Å². The smallest absolute Gasteiger partial charge is 0.410 e. The maximum atomic E-state index is 12.8. The van der Waals surface area contributed by atoms with E-state index in [-0.39, 0.29) is 25.5 Å². The normalized spacial score (nSPS) is 11.9. The fraction of sp³-hybridized carbons (Fsp3) is 0.440. The summed E-state index contributed by atoms with van der Waals surface area (Å²) in [6.07, 6.45) is -0.422. The number of carbonyl (C=O) groups is 2. The third-order valence-corrected chi connectivity index (χ3v) is 6.06. The van der Waals surface area contributed by atoms with Gasteiger partial charge in [-0.05, 0) is 75.2 Å². The highest BCUT2D eigenvalue weighted by atomic mass is 79.9. The Morgan fingerprint density at radius 2 is 1.66 bits per heavy atom. The Bertz CT molecular complexity index is 1160. The molecule has 2 aromatic heterocycles. The molecule has 0 bridgehead atoms. The Morgan fingerprint density at radius 1 is 1.00 bits per heavy atom. The van der Waals surface area contributed by atoms with Crippen LogP contribution in [0.4, 0.5) is 4.79 Å². The second kappa shape index (κ2) is 10.9. The molecule has 0 atom stereocenters. The number of thiophene rings is 1. The highest BCUT2D eigenvalue weighted by Gasteiger charge is 2.24. The summed E-state index contributed by atoms with van der Waals surface area (Å²) in [5, 5.41) is 4.08. The molecule has 0 radical (unpaired) electrons. The third kappa shape index (κ3) is 8.47. The fourth-order valence-corrected chi connectivity index (χ4v) is 4.34. The molecule has 0 aliphatic rings. The Labute approximate surface area is 217 Å². The summed E-state index contributed by atoms with van der Waals surface area (Å²) in [6.45, 7) is 11.3. The molecule has 0 spiro atoms. The van der Waals surface area contributed by atoms with Crippen molar-refractivity contribution in [3.63, 3.8) is 0 Å². The molecule has 0 aliphatic carbocycles. The zero-order valence-electron chi connectivity index (χ0n) is 20.8. The van der Waals surface area contributed by atoms with Crippen LogP contribution in [-0.2, 0) is 20.8 Å². The summed E-state index contributed by atoms with van der Waals surface area (Å²) in [7, 11) is 0. The Hall–Kier alpha value is -2.72. The zero-order valence-corrected chi connectivity index (χ0v) is 23.2. The van der Waals surface area contributed by atoms with Gasteiger partial charge in [0.25, 0.3) is 5.89 Å². The van der Waals surface area contributed by atoms with Crippen molar-refractivity contribution < 1.29 is 23.6 Å². The molecule has 8 nitrogen and oxygen atoms in total. The van der Waals surface area contributed by atoms with Crippen molar-refractivity contribution in [2.24, 2.45) is 0 Å². The maximum Gasteiger partial charge on any atom is 0.410 e. The lowest BCUT2D eigenvalue weighted by Crippen LogP contribution is -2.38. The van der Waals surface area contributed by atoms with Crippen molar-refractivity contribution in [1.82, 2.24) is 15.0 Å². The van der Waals surface area contributed by atoms with Gasteiger partial charge in [-0.2, -0.15) is 4.98 Å². The van der Waals surface area contributed by atoms with Crippen molar-refractivity contribution in [2.45, 2.75) is 65.7 Å². The molecule has 0 fully saturated rings.